The van der Waals surface area contributed by atoms with Gasteiger partial charge in [0.15, 0.2) is 0 Å². The Bertz CT molecular complexity index is 529. The number of halogens is 1. The molecule has 88 valence electrons. The van der Waals surface area contributed by atoms with Crippen molar-refractivity contribution in [2.75, 3.05) is 0 Å². The molecule has 0 fully saturated rings. The fraction of sp³-hybridized carbons (Fsp3) is 0.154. The Balaban J connectivity index is 2.24. The number of pyridine rings is 1. The summed E-state index contributed by atoms with van der Waals surface area (Å²) in [5.41, 5.74) is 7.75. The molecule has 3 nitrogen and oxygen atoms in total. The number of nitrogens with two attached hydrogens (primary N) is 1. The number of nitrogens with zero attached hydrogens (tertiary/aromatic N) is 1. The van der Waals surface area contributed by atoms with Gasteiger partial charge >= 0.3 is 0 Å². The van der Waals surface area contributed by atoms with Gasteiger partial charge in [0.25, 0.3) is 0 Å². The van der Waals surface area contributed by atoms with Crippen LogP contribution < -0.4 is 10.5 Å². The van der Waals surface area contributed by atoms with Crippen LogP contribution in [0.25, 0.3) is 0 Å². The van der Waals surface area contributed by atoms with Gasteiger partial charge in [0.2, 0.25) is 0 Å². The third kappa shape index (κ3) is 3.05. The second-order valence-corrected chi connectivity index (χ2v) is 4.66. The summed E-state index contributed by atoms with van der Waals surface area (Å²) in [6.07, 6.45) is 3.40. The Labute approximate surface area is 109 Å². The highest BCUT2D eigenvalue weighted by molar-refractivity contribution is 9.10. The first kappa shape index (κ1) is 12.1. The Morgan fingerprint density at radius 1 is 1.29 bits per heavy atom. The molecule has 2 N–H and O–H groups in total. The quantitative estimate of drug-likeness (QED) is 0.943. The Morgan fingerprint density at radius 3 is 2.76 bits per heavy atom. The lowest BCUT2D eigenvalue weighted by molar-refractivity contribution is 0.476. The normalized spacial score (nSPS) is 10.3. The van der Waals surface area contributed by atoms with Crippen LogP contribution in [-0.2, 0) is 6.54 Å². The molecule has 0 saturated heterocycles. The van der Waals surface area contributed by atoms with Gasteiger partial charge in [-0.15, -0.1) is 0 Å². The molecule has 0 amide bonds. The fourth-order valence-corrected chi connectivity index (χ4v) is 1.87. The van der Waals surface area contributed by atoms with Crippen LogP contribution in [0.1, 0.15) is 11.1 Å². The van der Waals surface area contributed by atoms with Gasteiger partial charge in [0, 0.05) is 17.2 Å². The molecule has 0 aliphatic heterocycles. The highest BCUT2D eigenvalue weighted by Crippen LogP contribution is 2.26. The van der Waals surface area contributed by atoms with Crippen molar-refractivity contribution in [3.05, 3.63) is 52.3 Å². The fourth-order valence-electron chi connectivity index (χ4n) is 1.53. The second kappa shape index (κ2) is 5.29. The number of hydrogen-bond acceptors (Lipinski definition) is 3. The Hall–Kier alpha value is -1.39. The minimum Gasteiger partial charge on any atom is -0.455 e. The Kier molecular flexibility index (Phi) is 3.76. The molecule has 0 atom stereocenters. The van der Waals surface area contributed by atoms with Gasteiger partial charge in [-0.05, 0) is 46.1 Å². The number of benzene rings is 1. The first-order chi connectivity index (χ1) is 8.19. The standard InChI is InChI=1S/C13H13BrN2O/c1-9-4-10(6-15)2-3-13(9)17-12-5-11(14)7-16-8-12/h2-5,7-8H,6,15H2,1H3. The molecule has 4 heteroatoms. The van der Waals surface area contributed by atoms with Crippen molar-refractivity contribution < 1.29 is 4.74 Å². The van der Waals surface area contributed by atoms with Crippen molar-refractivity contribution in [1.82, 2.24) is 4.98 Å². The van der Waals surface area contributed by atoms with E-state index in [0.717, 1.165) is 21.3 Å². The molecule has 0 aliphatic carbocycles. The summed E-state index contributed by atoms with van der Waals surface area (Å²) in [5, 5.41) is 0. The van der Waals surface area contributed by atoms with E-state index >= 15 is 0 Å². The zero-order valence-corrected chi connectivity index (χ0v) is 11.1. The maximum absolute atomic E-state index is 5.76. The van der Waals surface area contributed by atoms with Gasteiger partial charge in [-0.25, -0.2) is 0 Å². The highest BCUT2D eigenvalue weighted by atomic mass is 79.9. The predicted molar refractivity (Wildman–Crippen MR) is 71.1 cm³/mol. The monoisotopic (exact) mass is 292 g/mol. The average molecular weight is 293 g/mol. The lowest BCUT2D eigenvalue weighted by atomic mass is 10.1. The van der Waals surface area contributed by atoms with Crippen LogP contribution in [0.4, 0.5) is 0 Å². The summed E-state index contributed by atoms with van der Waals surface area (Å²) in [7, 11) is 0. The lowest BCUT2D eigenvalue weighted by Crippen LogP contribution is -1.97. The van der Waals surface area contributed by atoms with E-state index in [-0.39, 0.29) is 0 Å². The van der Waals surface area contributed by atoms with Crippen molar-refractivity contribution in [3.63, 3.8) is 0 Å². The van der Waals surface area contributed by atoms with Gasteiger partial charge < -0.3 is 10.5 Å². The summed E-state index contributed by atoms with van der Waals surface area (Å²) in [5.74, 6) is 1.53. The molecule has 2 rings (SSSR count). The number of hydrogen-bond donors (Lipinski definition) is 1. The third-order valence-corrected chi connectivity index (χ3v) is 2.82. The minimum atomic E-state index is 0.541. The van der Waals surface area contributed by atoms with Crippen molar-refractivity contribution in [3.8, 4) is 11.5 Å². The van der Waals surface area contributed by atoms with Crippen LogP contribution >= 0.6 is 15.9 Å². The molecule has 2 aromatic rings. The number of ether oxygens (including phenoxy) is 1. The molecule has 0 saturated carbocycles. The molecule has 0 unspecified atom stereocenters. The van der Waals surface area contributed by atoms with Crippen LogP contribution in [0.3, 0.4) is 0 Å². The lowest BCUT2D eigenvalue weighted by Gasteiger charge is -2.09. The van der Waals surface area contributed by atoms with Gasteiger partial charge in [0.1, 0.15) is 11.5 Å². The smallest absolute Gasteiger partial charge is 0.146 e. The molecular weight excluding hydrogens is 280 g/mol. The molecule has 17 heavy (non-hydrogen) atoms. The zero-order chi connectivity index (χ0) is 12.3. The number of rotatable bonds is 3. The van der Waals surface area contributed by atoms with Gasteiger partial charge in [-0.3, -0.25) is 4.98 Å². The molecule has 0 aliphatic rings. The molecule has 1 aromatic heterocycles. The third-order valence-electron chi connectivity index (χ3n) is 2.38. The zero-order valence-electron chi connectivity index (χ0n) is 9.48. The average Bonchev–Trinajstić information content (AvgIpc) is 2.32. The number of aromatic nitrogens is 1. The molecular formula is C13H13BrN2O. The van der Waals surface area contributed by atoms with E-state index in [1.54, 1.807) is 12.4 Å². The van der Waals surface area contributed by atoms with Crippen LogP contribution in [0.5, 0.6) is 11.5 Å². The summed E-state index contributed by atoms with van der Waals surface area (Å²) in [4.78, 5) is 4.05. The molecule has 1 aromatic carbocycles. The van der Waals surface area contributed by atoms with Gasteiger partial charge in [-0.2, -0.15) is 0 Å². The van der Waals surface area contributed by atoms with E-state index in [9.17, 15) is 0 Å². The maximum Gasteiger partial charge on any atom is 0.146 e. The van der Waals surface area contributed by atoms with Gasteiger partial charge in [0.05, 0.1) is 6.20 Å². The summed E-state index contributed by atoms with van der Waals surface area (Å²) >= 11 is 3.36. The van der Waals surface area contributed by atoms with Gasteiger partial charge in [-0.1, -0.05) is 12.1 Å². The second-order valence-electron chi connectivity index (χ2n) is 3.74. The van der Waals surface area contributed by atoms with E-state index in [4.69, 9.17) is 10.5 Å². The van der Waals surface area contributed by atoms with Crippen molar-refractivity contribution >= 4 is 15.9 Å². The van der Waals surface area contributed by atoms with Crippen LogP contribution in [0.15, 0.2) is 41.1 Å². The SMILES string of the molecule is Cc1cc(CN)ccc1Oc1cncc(Br)c1. The van der Waals surface area contributed by atoms with E-state index < -0.39 is 0 Å². The molecule has 0 radical (unpaired) electrons. The first-order valence-electron chi connectivity index (χ1n) is 5.27. The largest absolute Gasteiger partial charge is 0.455 e. The minimum absolute atomic E-state index is 0.541. The van der Waals surface area contributed by atoms with E-state index in [1.807, 2.05) is 31.2 Å². The molecule has 0 spiro atoms. The summed E-state index contributed by atoms with van der Waals surface area (Å²) in [6, 6.07) is 7.80. The molecule has 1 heterocycles. The number of aryl methyl sites for hydroxylation is 1. The summed E-state index contributed by atoms with van der Waals surface area (Å²) < 4.78 is 6.65. The van der Waals surface area contributed by atoms with Crippen LogP contribution in [-0.4, -0.2) is 4.98 Å². The maximum atomic E-state index is 5.76. The summed E-state index contributed by atoms with van der Waals surface area (Å²) in [6.45, 7) is 2.54. The van der Waals surface area contributed by atoms with E-state index in [0.29, 0.717) is 12.3 Å². The van der Waals surface area contributed by atoms with Crippen molar-refractivity contribution in [2.45, 2.75) is 13.5 Å². The van der Waals surface area contributed by atoms with E-state index in [1.165, 1.54) is 0 Å². The van der Waals surface area contributed by atoms with Crippen LogP contribution in [0.2, 0.25) is 0 Å². The Morgan fingerprint density at radius 2 is 2.12 bits per heavy atom. The molecule has 0 bridgehead atoms. The first-order valence-corrected chi connectivity index (χ1v) is 6.06. The highest BCUT2D eigenvalue weighted by Gasteiger charge is 2.03. The van der Waals surface area contributed by atoms with Crippen molar-refractivity contribution in [2.24, 2.45) is 5.73 Å². The topological polar surface area (TPSA) is 48.1 Å². The van der Waals surface area contributed by atoms with Crippen molar-refractivity contribution in [1.29, 1.82) is 0 Å². The van der Waals surface area contributed by atoms with Crippen LogP contribution in [0, 0.1) is 6.92 Å². The van der Waals surface area contributed by atoms with E-state index in [2.05, 4.69) is 20.9 Å². The predicted octanol–water partition coefficient (Wildman–Crippen LogP) is 3.40.